The largest absolute Gasteiger partial charge is 0.477 e. The highest BCUT2D eigenvalue weighted by molar-refractivity contribution is 6.31. The third-order valence-electron chi connectivity index (χ3n) is 11.1. The van der Waals surface area contributed by atoms with E-state index in [1.54, 1.807) is 37.4 Å². The summed E-state index contributed by atoms with van der Waals surface area (Å²) in [4.78, 5) is 46.8. The molecule has 0 radical (unpaired) electrons. The predicted molar refractivity (Wildman–Crippen MR) is 243 cm³/mol. The molecule has 0 unspecified atom stereocenters. The normalized spacial score (nSPS) is 12.9. The van der Waals surface area contributed by atoms with Gasteiger partial charge in [0.25, 0.3) is 0 Å². The van der Waals surface area contributed by atoms with Gasteiger partial charge in [0.15, 0.2) is 5.43 Å². The molecular formula is C47H53Cl2F2N5O7. The van der Waals surface area contributed by atoms with E-state index in [-0.39, 0.29) is 82.0 Å². The molecule has 0 fully saturated rings. The minimum atomic E-state index is -1.40. The lowest BCUT2D eigenvalue weighted by Crippen LogP contribution is -2.31. The summed E-state index contributed by atoms with van der Waals surface area (Å²) in [6, 6.07) is 11.7. The fourth-order valence-electron chi connectivity index (χ4n) is 7.54. The predicted octanol–water partition coefficient (Wildman–Crippen LogP) is 8.23. The lowest BCUT2D eigenvalue weighted by atomic mass is 9.86. The van der Waals surface area contributed by atoms with Crippen LogP contribution in [0, 0.1) is 29.4 Å². The van der Waals surface area contributed by atoms with Gasteiger partial charge in [-0.15, -0.1) is 0 Å². The van der Waals surface area contributed by atoms with Crippen LogP contribution in [-0.2, 0) is 19.3 Å². The number of carboxylic acid groups (broad SMARTS) is 1. The van der Waals surface area contributed by atoms with Gasteiger partial charge in [-0.05, 0) is 77.1 Å². The number of hydrogen-bond donors (Lipinski definition) is 5. The van der Waals surface area contributed by atoms with Crippen LogP contribution in [0.4, 0.5) is 14.6 Å². The molecule has 4 aromatic heterocycles. The number of anilines is 1. The van der Waals surface area contributed by atoms with Crippen molar-refractivity contribution in [2.45, 2.75) is 86.2 Å². The van der Waals surface area contributed by atoms with Crippen molar-refractivity contribution in [1.29, 1.82) is 0 Å². The number of nitrogens with zero attached hydrogens (tertiary/aromatic N) is 4. The fourth-order valence-corrected chi connectivity index (χ4v) is 7.93. The molecule has 2 aromatic carbocycles. The van der Waals surface area contributed by atoms with Crippen LogP contribution < -0.4 is 16.6 Å². The second-order valence-electron chi connectivity index (χ2n) is 17.7. The van der Waals surface area contributed by atoms with E-state index in [4.69, 9.17) is 33.9 Å². The van der Waals surface area contributed by atoms with E-state index in [9.17, 15) is 43.6 Å². The number of carbonyl (C=O) groups is 1. The van der Waals surface area contributed by atoms with E-state index in [0.29, 0.717) is 46.3 Å². The molecule has 0 amide bonds. The maximum absolute atomic E-state index is 14.6. The Kier molecular flexibility index (Phi) is 15.2. The summed E-state index contributed by atoms with van der Waals surface area (Å²) in [5.74, 6) is -2.43. The second-order valence-corrected chi connectivity index (χ2v) is 18.6. The van der Waals surface area contributed by atoms with Gasteiger partial charge in [0.1, 0.15) is 34.3 Å². The Morgan fingerprint density at radius 1 is 0.746 bits per heavy atom. The summed E-state index contributed by atoms with van der Waals surface area (Å²) in [7, 11) is 0. The lowest BCUT2D eigenvalue weighted by Gasteiger charge is -2.32. The SMILES string of the molecule is CC(C)(C)[C@@H](CO)n1cc(C(=O)O)c(=O)c2cc(Cc3cccc(Cl)c3F)c(N)nc21.Cc1cn([C@H](CO)C(C)(C)C)c2nc(CCCO)c(Cc3cccc(Cl)c3F)cc2c1=O. The van der Waals surface area contributed by atoms with Gasteiger partial charge in [0, 0.05) is 43.1 Å². The number of fused-ring (bicyclic) bond motifs is 2. The topological polar surface area (TPSA) is 194 Å². The molecule has 0 saturated carbocycles. The zero-order valence-corrected chi connectivity index (χ0v) is 37.8. The number of aliphatic hydroxyl groups excluding tert-OH is 3. The first-order valence-electron chi connectivity index (χ1n) is 20.3. The molecule has 6 N–H and O–H groups in total. The molecule has 0 bridgehead atoms. The molecule has 2 atom stereocenters. The van der Waals surface area contributed by atoms with Crippen LogP contribution in [0.5, 0.6) is 0 Å². The van der Waals surface area contributed by atoms with Crippen LogP contribution in [-0.4, -0.2) is 65.3 Å². The Morgan fingerprint density at radius 2 is 1.22 bits per heavy atom. The Hall–Kier alpha value is -5.25. The van der Waals surface area contributed by atoms with E-state index in [1.165, 1.54) is 35.0 Å². The molecule has 6 rings (SSSR count). The van der Waals surface area contributed by atoms with E-state index < -0.39 is 40.1 Å². The number of aromatic carboxylic acids is 1. The highest BCUT2D eigenvalue weighted by Crippen LogP contribution is 2.35. The average molecular weight is 909 g/mol. The van der Waals surface area contributed by atoms with Gasteiger partial charge in [-0.1, -0.05) is 89.0 Å². The number of nitrogens with two attached hydrogens (primary N) is 1. The molecule has 16 heteroatoms. The van der Waals surface area contributed by atoms with Crippen molar-refractivity contribution >= 4 is 57.1 Å². The Labute approximate surface area is 373 Å². The van der Waals surface area contributed by atoms with E-state index in [2.05, 4.69) is 4.98 Å². The molecule has 6 aromatic rings. The van der Waals surface area contributed by atoms with Crippen molar-refractivity contribution in [3.05, 3.63) is 142 Å². The van der Waals surface area contributed by atoms with E-state index in [1.807, 2.05) is 46.1 Å². The molecule has 0 aliphatic heterocycles. The molecular weight excluding hydrogens is 855 g/mol. The molecule has 4 heterocycles. The third kappa shape index (κ3) is 10.6. The molecule has 336 valence electrons. The number of nitrogen functional groups attached to an aromatic ring is 1. The van der Waals surface area contributed by atoms with Crippen LogP contribution in [0.25, 0.3) is 22.1 Å². The number of benzene rings is 2. The summed E-state index contributed by atoms with van der Waals surface area (Å²) >= 11 is 11.8. The van der Waals surface area contributed by atoms with Crippen LogP contribution in [0.3, 0.4) is 0 Å². The molecule has 0 spiro atoms. The van der Waals surface area contributed by atoms with Crippen LogP contribution in [0.1, 0.15) is 104 Å². The Bertz CT molecular complexity index is 2800. The molecule has 0 aliphatic carbocycles. The third-order valence-corrected chi connectivity index (χ3v) is 11.7. The van der Waals surface area contributed by atoms with E-state index >= 15 is 0 Å². The van der Waals surface area contributed by atoms with Gasteiger partial charge >= 0.3 is 5.97 Å². The number of aryl methyl sites for hydroxylation is 2. The molecule has 63 heavy (non-hydrogen) atoms. The number of rotatable bonds is 12. The fraction of sp³-hybridized carbons (Fsp3) is 0.383. The first-order chi connectivity index (χ1) is 29.5. The van der Waals surface area contributed by atoms with Crippen molar-refractivity contribution in [2.24, 2.45) is 10.8 Å². The van der Waals surface area contributed by atoms with Crippen molar-refractivity contribution in [3.63, 3.8) is 0 Å². The second kappa shape index (κ2) is 19.6. The number of hydrogen-bond acceptors (Lipinski definition) is 9. The van der Waals surface area contributed by atoms with Crippen LogP contribution in [0.2, 0.25) is 10.0 Å². The highest BCUT2D eigenvalue weighted by Gasteiger charge is 2.30. The monoisotopic (exact) mass is 907 g/mol. The first-order valence-corrected chi connectivity index (χ1v) is 21.1. The standard InChI is InChI=1S/C25H30ClFN2O3.C22H23ClFN3O4/c1-15-13-29(21(14-31)25(2,3)4)24-18(23(15)32)12-17(20(28-24)9-6-10-30)11-16-7-5-8-19(26)22(16)27;1-22(2,3)16(10-28)27-9-14(21(30)31)18(29)13-8-12(19(25)26-20(13)27)7-11-5-4-6-15(23)17(11)24/h5,7-8,12-13,21,30-31H,6,9-11,14H2,1-4H3;4-6,8-9,16,28H,7,10H2,1-3H3,(H2,25,26)(H,30,31)/t21-;16-/m11/s1. The summed E-state index contributed by atoms with van der Waals surface area (Å²) in [5, 5.41) is 39.5. The van der Waals surface area contributed by atoms with Gasteiger partial charge in [-0.3, -0.25) is 9.59 Å². The highest BCUT2D eigenvalue weighted by atomic mass is 35.5. The average Bonchev–Trinajstić information content (AvgIpc) is 3.20. The maximum atomic E-state index is 14.6. The summed E-state index contributed by atoms with van der Waals surface area (Å²) < 4.78 is 32.3. The van der Waals surface area contributed by atoms with Gasteiger partial charge in [-0.2, -0.15) is 0 Å². The molecule has 0 saturated heterocycles. The van der Waals surface area contributed by atoms with Gasteiger partial charge < -0.3 is 35.3 Å². The van der Waals surface area contributed by atoms with Crippen molar-refractivity contribution < 1.29 is 34.0 Å². The van der Waals surface area contributed by atoms with Crippen molar-refractivity contribution in [1.82, 2.24) is 19.1 Å². The van der Waals surface area contributed by atoms with E-state index in [0.717, 1.165) is 5.56 Å². The Balaban J connectivity index is 0.000000238. The van der Waals surface area contributed by atoms with Crippen LogP contribution in [0.15, 0.2) is 70.5 Å². The van der Waals surface area contributed by atoms with Gasteiger partial charge in [-0.25, -0.2) is 23.5 Å². The smallest absolute Gasteiger partial charge is 0.341 e. The van der Waals surface area contributed by atoms with Crippen molar-refractivity contribution in [2.75, 3.05) is 25.6 Å². The lowest BCUT2D eigenvalue weighted by molar-refractivity contribution is 0.0692. The minimum Gasteiger partial charge on any atom is -0.477 e. The van der Waals surface area contributed by atoms with Gasteiger partial charge in [0.2, 0.25) is 5.43 Å². The summed E-state index contributed by atoms with van der Waals surface area (Å²) in [6.07, 6.45) is 4.14. The quantitative estimate of drug-likeness (QED) is 0.0799. The van der Waals surface area contributed by atoms with Crippen molar-refractivity contribution in [3.8, 4) is 0 Å². The Morgan fingerprint density at radius 3 is 1.71 bits per heavy atom. The van der Waals surface area contributed by atoms with Gasteiger partial charge in [0.05, 0.1) is 46.1 Å². The number of carboxylic acids is 1. The number of halogens is 4. The zero-order valence-electron chi connectivity index (χ0n) is 36.3. The number of pyridine rings is 4. The van der Waals surface area contributed by atoms with Crippen LogP contribution >= 0.6 is 23.2 Å². The summed E-state index contributed by atoms with van der Waals surface area (Å²) in [5.41, 5.74) is 7.66. The summed E-state index contributed by atoms with van der Waals surface area (Å²) in [6.45, 7) is 13.0. The zero-order chi connectivity index (χ0) is 46.7. The molecule has 12 nitrogen and oxygen atoms in total. The number of aromatic nitrogens is 4. The number of aliphatic hydroxyl groups is 3. The molecule has 0 aliphatic rings. The first kappa shape index (κ1) is 48.8. The maximum Gasteiger partial charge on any atom is 0.341 e. The minimum absolute atomic E-state index is 0.00730.